The first-order valence-corrected chi connectivity index (χ1v) is 7.69. The highest BCUT2D eigenvalue weighted by atomic mass is 79.9. The maximum Gasteiger partial charge on any atom is 0.225 e. The van der Waals surface area contributed by atoms with Crippen LogP contribution in [0, 0.1) is 11.8 Å². The minimum absolute atomic E-state index is 0.0894. The number of anilines is 1. The SMILES string of the molecule is CC(C)C[C@H](CN)CC(=O)Nc1ncc(Br)nc1Br. The van der Waals surface area contributed by atoms with Crippen LogP contribution in [0.2, 0.25) is 0 Å². The summed E-state index contributed by atoms with van der Waals surface area (Å²) in [5.41, 5.74) is 5.69. The van der Waals surface area contributed by atoms with Crippen molar-refractivity contribution >= 4 is 43.6 Å². The average Bonchev–Trinajstić information content (AvgIpc) is 2.31. The van der Waals surface area contributed by atoms with Gasteiger partial charge in [0.2, 0.25) is 5.91 Å². The van der Waals surface area contributed by atoms with Gasteiger partial charge >= 0.3 is 0 Å². The number of carbonyl (C=O) groups is 1. The normalized spacial score (nSPS) is 12.5. The molecule has 7 heteroatoms. The van der Waals surface area contributed by atoms with Crippen LogP contribution in [-0.2, 0) is 4.79 Å². The number of rotatable bonds is 6. The van der Waals surface area contributed by atoms with Gasteiger partial charge in [0.1, 0.15) is 9.21 Å². The van der Waals surface area contributed by atoms with Gasteiger partial charge in [-0.1, -0.05) is 13.8 Å². The molecule has 1 aromatic rings. The molecule has 0 fully saturated rings. The van der Waals surface area contributed by atoms with Gasteiger partial charge in [0.25, 0.3) is 0 Å². The summed E-state index contributed by atoms with van der Waals surface area (Å²) in [5, 5.41) is 2.74. The topological polar surface area (TPSA) is 80.9 Å². The lowest BCUT2D eigenvalue weighted by Gasteiger charge is -2.16. The van der Waals surface area contributed by atoms with Crippen LogP contribution in [-0.4, -0.2) is 22.4 Å². The summed E-state index contributed by atoms with van der Waals surface area (Å²) in [4.78, 5) is 20.1. The number of nitrogens with two attached hydrogens (primary N) is 1. The van der Waals surface area contributed by atoms with Crippen molar-refractivity contribution in [3.8, 4) is 0 Å². The van der Waals surface area contributed by atoms with Gasteiger partial charge in [-0.25, -0.2) is 9.97 Å². The van der Waals surface area contributed by atoms with Gasteiger partial charge in [0.05, 0.1) is 6.20 Å². The van der Waals surface area contributed by atoms with Gasteiger partial charge in [-0.05, 0) is 56.7 Å². The molecule has 1 amide bonds. The Labute approximate surface area is 130 Å². The molecule has 1 heterocycles. The molecule has 0 aliphatic heterocycles. The molecule has 0 unspecified atom stereocenters. The highest BCUT2D eigenvalue weighted by molar-refractivity contribution is 9.11. The fourth-order valence-electron chi connectivity index (χ4n) is 1.81. The molecule has 19 heavy (non-hydrogen) atoms. The third kappa shape index (κ3) is 5.97. The van der Waals surface area contributed by atoms with Crippen LogP contribution in [0.3, 0.4) is 0 Å². The van der Waals surface area contributed by atoms with E-state index < -0.39 is 0 Å². The van der Waals surface area contributed by atoms with Crippen LogP contribution < -0.4 is 11.1 Å². The fraction of sp³-hybridized carbons (Fsp3) is 0.583. The molecule has 0 aromatic carbocycles. The Morgan fingerprint density at radius 1 is 1.47 bits per heavy atom. The first-order chi connectivity index (χ1) is 8.92. The van der Waals surface area contributed by atoms with Crippen molar-refractivity contribution in [2.75, 3.05) is 11.9 Å². The van der Waals surface area contributed by atoms with E-state index >= 15 is 0 Å². The largest absolute Gasteiger partial charge is 0.330 e. The molecule has 0 aliphatic rings. The zero-order valence-electron chi connectivity index (χ0n) is 11.0. The third-order valence-corrected chi connectivity index (χ3v) is 3.51. The molecule has 1 atom stereocenters. The van der Waals surface area contributed by atoms with E-state index in [1.54, 1.807) is 0 Å². The number of halogens is 2. The lowest BCUT2D eigenvalue weighted by atomic mass is 9.94. The molecule has 0 aliphatic carbocycles. The summed E-state index contributed by atoms with van der Waals surface area (Å²) in [6.07, 6.45) is 2.88. The van der Waals surface area contributed by atoms with E-state index in [1.165, 1.54) is 6.20 Å². The molecule has 0 bridgehead atoms. The minimum Gasteiger partial charge on any atom is -0.330 e. The predicted molar refractivity (Wildman–Crippen MR) is 82.7 cm³/mol. The number of hydrogen-bond donors (Lipinski definition) is 2. The number of carbonyl (C=O) groups excluding carboxylic acids is 1. The molecular weight excluding hydrogens is 376 g/mol. The van der Waals surface area contributed by atoms with Crippen LogP contribution in [0.15, 0.2) is 15.4 Å². The van der Waals surface area contributed by atoms with Gasteiger partial charge in [-0.2, -0.15) is 0 Å². The van der Waals surface area contributed by atoms with Gasteiger partial charge in [0, 0.05) is 6.42 Å². The summed E-state index contributed by atoms with van der Waals surface area (Å²) in [7, 11) is 0. The number of amides is 1. The Hall–Kier alpha value is -0.530. The Kier molecular flexibility index (Phi) is 6.88. The Bertz CT molecular complexity index is 440. The molecule has 5 nitrogen and oxygen atoms in total. The molecule has 0 spiro atoms. The minimum atomic E-state index is -0.0894. The van der Waals surface area contributed by atoms with Gasteiger partial charge in [0.15, 0.2) is 5.82 Å². The second kappa shape index (κ2) is 7.91. The lowest BCUT2D eigenvalue weighted by molar-refractivity contribution is -0.117. The monoisotopic (exact) mass is 392 g/mol. The summed E-state index contributed by atoms with van der Waals surface area (Å²) in [6.45, 7) is 4.76. The Morgan fingerprint density at radius 3 is 2.68 bits per heavy atom. The van der Waals surface area contributed by atoms with Gasteiger partial charge < -0.3 is 11.1 Å². The van der Waals surface area contributed by atoms with E-state index in [4.69, 9.17) is 5.73 Å². The molecule has 0 radical (unpaired) electrons. The number of aromatic nitrogens is 2. The second-order valence-electron chi connectivity index (χ2n) is 4.82. The maximum absolute atomic E-state index is 11.9. The van der Waals surface area contributed by atoms with Crippen molar-refractivity contribution in [1.82, 2.24) is 9.97 Å². The van der Waals surface area contributed by atoms with Crippen LogP contribution in [0.1, 0.15) is 26.7 Å². The standard InChI is InChI=1S/C12H18Br2N4O/c1-7(2)3-8(5-15)4-10(19)18-12-11(14)17-9(13)6-16-12/h6-8H,3-5,15H2,1-2H3,(H,16,18,19)/t8-/m0/s1. The van der Waals surface area contributed by atoms with Gasteiger partial charge in [-0.3, -0.25) is 4.79 Å². The first-order valence-electron chi connectivity index (χ1n) is 6.10. The molecule has 0 saturated carbocycles. The molecular formula is C12H18Br2N4O. The van der Waals surface area contributed by atoms with Crippen molar-refractivity contribution < 1.29 is 4.79 Å². The number of hydrogen-bond acceptors (Lipinski definition) is 4. The molecule has 3 N–H and O–H groups in total. The van der Waals surface area contributed by atoms with Gasteiger partial charge in [-0.15, -0.1) is 0 Å². The zero-order valence-corrected chi connectivity index (χ0v) is 14.2. The molecule has 0 saturated heterocycles. The van der Waals surface area contributed by atoms with Crippen LogP contribution in [0.5, 0.6) is 0 Å². The highest BCUT2D eigenvalue weighted by Gasteiger charge is 2.15. The Morgan fingerprint density at radius 2 is 2.16 bits per heavy atom. The summed E-state index contributed by atoms with van der Waals surface area (Å²) >= 11 is 6.46. The summed E-state index contributed by atoms with van der Waals surface area (Å²) in [5.74, 6) is 1.06. The van der Waals surface area contributed by atoms with E-state index in [9.17, 15) is 4.79 Å². The van der Waals surface area contributed by atoms with Crippen molar-refractivity contribution in [3.63, 3.8) is 0 Å². The van der Waals surface area contributed by atoms with Crippen LogP contribution >= 0.6 is 31.9 Å². The smallest absolute Gasteiger partial charge is 0.225 e. The van der Waals surface area contributed by atoms with E-state index in [-0.39, 0.29) is 11.8 Å². The maximum atomic E-state index is 11.9. The van der Waals surface area contributed by atoms with Crippen molar-refractivity contribution in [1.29, 1.82) is 0 Å². The van der Waals surface area contributed by atoms with Crippen molar-refractivity contribution in [2.45, 2.75) is 26.7 Å². The van der Waals surface area contributed by atoms with E-state index in [0.717, 1.165) is 6.42 Å². The highest BCUT2D eigenvalue weighted by Crippen LogP contribution is 2.20. The number of nitrogens with zero attached hydrogens (tertiary/aromatic N) is 2. The van der Waals surface area contributed by atoms with Crippen LogP contribution in [0.4, 0.5) is 5.82 Å². The molecule has 1 aromatic heterocycles. The van der Waals surface area contributed by atoms with E-state index in [0.29, 0.717) is 33.9 Å². The van der Waals surface area contributed by atoms with E-state index in [1.807, 2.05) is 0 Å². The zero-order chi connectivity index (χ0) is 14.4. The first kappa shape index (κ1) is 16.5. The second-order valence-corrected chi connectivity index (χ2v) is 6.38. The lowest BCUT2D eigenvalue weighted by Crippen LogP contribution is -2.24. The molecule has 106 valence electrons. The quantitative estimate of drug-likeness (QED) is 0.778. The summed E-state index contributed by atoms with van der Waals surface area (Å²) in [6, 6.07) is 0. The summed E-state index contributed by atoms with van der Waals surface area (Å²) < 4.78 is 1.11. The van der Waals surface area contributed by atoms with Crippen molar-refractivity contribution in [3.05, 3.63) is 15.4 Å². The Balaban J connectivity index is 2.59. The molecule has 1 rings (SSSR count). The van der Waals surface area contributed by atoms with Crippen molar-refractivity contribution in [2.24, 2.45) is 17.6 Å². The average molecular weight is 394 g/mol. The number of nitrogens with one attached hydrogen (secondary N) is 1. The third-order valence-electron chi connectivity index (χ3n) is 2.57. The van der Waals surface area contributed by atoms with E-state index in [2.05, 4.69) is 61.0 Å². The van der Waals surface area contributed by atoms with Crippen LogP contribution in [0.25, 0.3) is 0 Å². The predicted octanol–water partition coefficient (Wildman–Crippen LogP) is 2.95. The fourth-order valence-corrected chi connectivity index (χ4v) is 2.72.